The zero-order valence-corrected chi connectivity index (χ0v) is 15.7. The van der Waals surface area contributed by atoms with Crippen LogP contribution in [0.1, 0.15) is 23.1 Å². The van der Waals surface area contributed by atoms with E-state index in [0.717, 1.165) is 16.8 Å². The minimum atomic E-state index is -0.874. The van der Waals surface area contributed by atoms with Crippen LogP contribution in [0, 0.1) is 20.8 Å². The number of hydrogen-bond donors (Lipinski definition) is 2. The second-order valence-electron chi connectivity index (χ2n) is 6.22. The lowest BCUT2D eigenvalue weighted by Gasteiger charge is -2.14. The van der Waals surface area contributed by atoms with Gasteiger partial charge < -0.3 is 10.4 Å². The maximum Gasteiger partial charge on any atom is 0.304 e. The number of carboxylic acids is 1. The van der Waals surface area contributed by atoms with Gasteiger partial charge in [0.1, 0.15) is 0 Å². The molecular formula is C18H23N3O3S. The summed E-state index contributed by atoms with van der Waals surface area (Å²) in [5.74, 6) is -1.08. The Morgan fingerprint density at radius 3 is 2.56 bits per heavy atom. The Labute approximate surface area is 151 Å². The lowest BCUT2D eigenvalue weighted by molar-refractivity contribution is -0.137. The van der Waals surface area contributed by atoms with Crippen molar-refractivity contribution in [1.82, 2.24) is 9.88 Å². The first kappa shape index (κ1) is 19.1. The zero-order chi connectivity index (χ0) is 18.6. The Bertz CT molecular complexity index is 786. The molecule has 0 fully saturated rings. The van der Waals surface area contributed by atoms with E-state index in [-0.39, 0.29) is 18.9 Å². The van der Waals surface area contributed by atoms with Crippen LogP contribution in [0.2, 0.25) is 0 Å². The van der Waals surface area contributed by atoms with Crippen LogP contribution in [-0.4, -0.2) is 47.0 Å². The second-order valence-corrected chi connectivity index (χ2v) is 7.08. The van der Waals surface area contributed by atoms with Crippen molar-refractivity contribution >= 4 is 28.3 Å². The molecule has 1 heterocycles. The summed E-state index contributed by atoms with van der Waals surface area (Å²) in [6.07, 6.45) is 0.0111. The maximum absolute atomic E-state index is 12.0. The highest BCUT2D eigenvalue weighted by Gasteiger charge is 2.12. The van der Waals surface area contributed by atoms with Crippen LogP contribution in [0.5, 0.6) is 0 Å². The molecule has 1 amide bonds. The molecule has 2 aromatic rings. The molecular weight excluding hydrogens is 338 g/mol. The Balaban J connectivity index is 2.01. The molecule has 0 aliphatic carbocycles. The number of rotatable bonds is 7. The number of carbonyl (C=O) groups excluding carboxylic acids is 1. The summed E-state index contributed by atoms with van der Waals surface area (Å²) in [6, 6.07) is 4.25. The first-order chi connectivity index (χ1) is 11.8. The number of aryl methyl sites for hydroxylation is 3. The van der Waals surface area contributed by atoms with Crippen LogP contribution in [0.25, 0.3) is 11.3 Å². The molecule has 1 aromatic heterocycles. The number of aliphatic carboxylic acids is 1. The minimum Gasteiger partial charge on any atom is -0.481 e. The van der Waals surface area contributed by atoms with Gasteiger partial charge in [-0.3, -0.25) is 14.5 Å². The SMILES string of the molecule is Cc1cc(C)c(-c2csc(NC(=O)CN(C)CCC(=O)O)n2)cc1C. The number of aromatic nitrogens is 1. The minimum absolute atomic E-state index is 0.0111. The fourth-order valence-corrected chi connectivity index (χ4v) is 3.19. The number of thiazole rings is 1. The highest BCUT2D eigenvalue weighted by atomic mass is 32.1. The standard InChI is InChI=1S/C18H23N3O3S/c1-11-7-13(3)14(8-12(11)2)15-10-25-18(19-15)20-16(22)9-21(4)6-5-17(23)24/h7-8,10H,5-6,9H2,1-4H3,(H,23,24)(H,19,20,22). The zero-order valence-electron chi connectivity index (χ0n) is 14.9. The molecule has 1 aromatic carbocycles. The van der Waals surface area contributed by atoms with E-state index in [4.69, 9.17) is 5.11 Å². The fourth-order valence-electron chi connectivity index (χ4n) is 2.46. The van der Waals surface area contributed by atoms with Gasteiger partial charge in [0.2, 0.25) is 5.91 Å². The molecule has 7 heteroatoms. The van der Waals surface area contributed by atoms with E-state index in [0.29, 0.717) is 11.7 Å². The summed E-state index contributed by atoms with van der Waals surface area (Å²) in [4.78, 5) is 28.8. The predicted octanol–water partition coefficient (Wildman–Crippen LogP) is 3.08. The second kappa shape index (κ2) is 8.22. The van der Waals surface area contributed by atoms with Crippen LogP contribution >= 0.6 is 11.3 Å². The summed E-state index contributed by atoms with van der Waals surface area (Å²) in [6.45, 7) is 6.66. The fraction of sp³-hybridized carbons (Fsp3) is 0.389. The van der Waals surface area contributed by atoms with E-state index in [1.807, 2.05) is 5.38 Å². The molecule has 0 spiro atoms. The van der Waals surface area contributed by atoms with Crippen LogP contribution in [0.15, 0.2) is 17.5 Å². The number of anilines is 1. The van der Waals surface area contributed by atoms with E-state index >= 15 is 0 Å². The van der Waals surface area contributed by atoms with Gasteiger partial charge in [0, 0.05) is 17.5 Å². The number of nitrogens with zero attached hydrogens (tertiary/aromatic N) is 2. The summed E-state index contributed by atoms with van der Waals surface area (Å²) in [5.41, 5.74) is 5.52. The number of hydrogen-bond acceptors (Lipinski definition) is 5. The maximum atomic E-state index is 12.0. The average molecular weight is 361 g/mol. The van der Waals surface area contributed by atoms with Crippen LogP contribution in [0.4, 0.5) is 5.13 Å². The van der Waals surface area contributed by atoms with Gasteiger partial charge in [0.05, 0.1) is 18.7 Å². The van der Waals surface area contributed by atoms with Crippen molar-refractivity contribution in [3.63, 3.8) is 0 Å². The molecule has 6 nitrogen and oxygen atoms in total. The lowest BCUT2D eigenvalue weighted by atomic mass is 9.99. The van der Waals surface area contributed by atoms with Gasteiger partial charge in [-0.25, -0.2) is 4.98 Å². The van der Waals surface area contributed by atoms with E-state index in [1.165, 1.54) is 22.5 Å². The highest BCUT2D eigenvalue weighted by Crippen LogP contribution is 2.29. The first-order valence-corrected chi connectivity index (χ1v) is 8.88. The van der Waals surface area contributed by atoms with E-state index < -0.39 is 5.97 Å². The average Bonchev–Trinajstić information content (AvgIpc) is 2.96. The van der Waals surface area contributed by atoms with Gasteiger partial charge >= 0.3 is 5.97 Å². The largest absolute Gasteiger partial charge is 0.481 e. The molecule has 2 N–H and O–H groups in total. The number of carboxylic acid groups (broad SMARTS) is 1. The van der Waals surface area contributed by atoms with E-state index in [9.17, 15) is 9.59 Å². The molecule has 0 unspecified atom stereocenters. The third kappa shape index (κ3) is 5.37. The smallest absolute Gasteiger partial charge is 0.304 e. The summed E-state index contributed by atoms with van der Waals surface area (Å²) in [7, 11) is 1.72. The van der Waals surface area contributed by atoms with Crippen molar-refractivity contribution in [3.05, 3.63) is 34.2 Å². The van der Waals surface area contributed by atoms with Crippen molar-refractivity contribution in [1.29, 1.82) is 0 Å². The number of carbonyl (C=O) groups is 2. The van der Waals surface area contributed by atoms with Gasteiger partial charge in [0.25, 0.3) is 0 Å². The van der Waals surface area contributed by atoms with Crippen LogP contribution < -0.4 is 5.32 Å². The summed E-state index contributed by atoms with van der Waals surface area (Å²) >= 11 is 1.38. The molecule has 0 radical (unpaired) electrons. The Morgan fingerprint density at radius 2 is 1.88 bits per heavy atom. The molecule has 0 aliphatic rings. The van der Waals surface area contributed by atoms with Crippen molar-refractivity contribution in [2.24, 2.45) is 0 Å². The number of benzene rings is 1. The van der Waals surface area contributed by atoms with Gasteiger partial charge in [-0.1, -0.05) is 6.07 Å². The third-order valence-corrected chi connectivity index (χ3v) is 4.75. The van der Waals surface area contributed by atoms with E-state index in [1.54, 1.807) is 11.9 Å². The number of nitrogens with one attached hydrogen (secondary N) is 1. The van der Waals surface area contributed by atoms with E-state index in [2.05, 4.69) is 43.2 Å². The number of amides is 1. The summed E-state index contributed by atoms with van der Waals surface area (Å²) in [5, 5.41) is 13.9. The Kier molecular flexibility index (Phi) is 6.27. The van der Waals surface area contributed by atoms with Crippen molar-refractivity contribution in [2.45, 2.75) is 27.2 Å². The monoisotopic (exact) mass is 361 g/mol. The molecule has 134 valence electrons. The first-order valence-electron chi connectivity index (χ1n) is 8.00. The molecule has 0 aliphatic heterocycles. The third-order valence-electron chi connectivity index (χ3n) is 3.99. The normalized spacial score (nSPS) is 10.9. The van der Waals surface area contributed by atoms with Gasteiger partial charge in [-0.05, 0) is 50.6 Å². The van der Waals surface area contributed by atoms with Crippen LogP contribution in [-0.2, 0) is 9.59 Å². The van der Waals surface area contributed by atoms with Gasteiger partial charge in [-0.2, -0.15) is 0 Å². The predicted molar refractivity (Wildman–Crippen MR) is 100 cm³/mol. The topological polar surface area (TPSA) is 82.5 Å². The summed E-state index contributed by atoms with van der Waals surface area (Å²) < 4.78 is 0. The Morgan fingerprint density at radius 1 is 1.20 bits per heavy atom. The van der Waals surface area contributed by atoms with Crippen molar-refractivity contribution in [3.8, 4) is 11.3 Å². The molecule has 0 bridgehead atoms. The van der Waals surface area contributed by atoms with Crippen molar-refractivity contribution < 1.29 is 14.7 Å². The molecule has 0 saturated heterocycles. The van der Waals surface area contributed by atoms with Gasteiger partial charge in [-0.15, -0.1) is 11.3 Å². The lowest BCUT2D eigenvalue weighted by Crippen LogP contribution is -2.31. The number of likely N-dealkylation sites (N-methyl/N-ethyl adjacent to an activating group) is 1. The van der Waals surface area contributed by atoms with Crippen molar-refractivity contribution in [2.75, 3.05) is 25.5 Å². The molecule has 2 rings (SSSR count). The highest BCUT2D eigenvalue weighted by molar-refractivity contribution is 7.14. The van der Waals surface area contributed by atoms with Crippen LogP contribution in [0.3, 0.4) is 0 Å². The molecule has 0 saturated carbocycles. The molecule has 25 heavy (non-hydrogen) atoms. The molecule has 0 atom stereocenters. The van der Waals surface area contributed by atoms with Gasteiger partial charge in [0.15, 0.2) is 5.13 Å². The Hall–Kier alpha value is -2.25. The quantitative estimate of drug-likeness (QED) is 0.792.